The van der Waals surface area contributed by atoms with Gasteiger partial charge in [-0.1, -0.05) is 0 Å². The van der Waals surface area contributed by atoms with Gasteiger partial charge in [-0.05, 0) is 51.8 Å². The van der Waals surface area contributed by atoms with Crippen LogP contribution in [0.1, 0.15) is 15.9 Å². The number of hydrogen-bond acceptors (Lipinski definition) is 4. The van der Waals surface area contributed by atoms with Gasteiger partial charge in [0, 0.05) is 17.7 Å². The molecule has 0 N–H and O–H groups in total. The third kappa shape index (κ3) is 3.42. The van der Waals surface area contributed by atoms with Crippen LogP contribution in [-0.4, -0.2) is 11.2 Å². The van der Waals surface area contributed by atoms with Crippen molar-refractivity contribution in [3.63, 3.8) is 0 Å². The molecule has 0 saturated heterocycles. The van der Waals surface area contributed by atoms with Crippen LogP contribution in [0.5, 0.6) is 5.75 Å². The molecule has 0 fully saturated rings. The SMILES string of the molecule is O=Cc1ccc(OCc2ccc([N+](=O)[O-])cc2)c(Br)c1. The first-order chi connectivity index (χ1) is 9.60. The van der Waals surface area contributed by atoms with Gasteiger partial charge in [-0.2, -0.15) is 0 Å². The minimum absolute atomic E-state index is 0.0465. The van der Waals surface area contributed by atoms with Crippen molar-refractivity contribution in [1.82, 2.24) is 0 Å². The lowest BCUT2D eigenvalue weighted by atomic mass is 10.2. The predicted octanol–water partition coefficient (Wildman–Crippen LogP) is 3.75. The van der Waals surface area contributed by atoms with Gasteiger partial charge in [0.1, 0.15) is 18.6 Å². The predicted molar refractivity (Wildman–Crippen MR) is 77.0 cm³/mol. The van der Waals surface area contributed by atoms with E-state index in [0.717, 1.165) is 11.8 Å². The number of carbonyl (C=O) groups is 1. The van der Waals surface area contributed by atoms with Gasteiger partial charge in [-0.15, -0.1) is 0 Å². The summed E-state index contributed by atoms with van der Waals surface area (Å²) in [6.07, 6.45) is 0.755. The molecule has 0 aliphatic rings. The van der Waals surface area contributed by atoms with Gasteiger partial charge in [0.15, 0.2) is 0 Å². The van der Waals surface area contributed by atoms with Crippen LogP contribution in [0.25, 0.3) is 0 Å². The van der Waals surface area contributed by atoms with E-state index in [1.807, 2.05) is 0 Å². The van der Waals surface area contributed by atoms with Crippen LogP contribution in [0.2, 0.25) is 0 Å². The number of nitrogens with zero attached hydrogens (tertiary/aromatic N) is 1. The Balaban J connectivity index is 2.05. The van der Waals surface area contributed by atoms with E-state index in [1.165, 1.54) is 12.1 Å². The molecule has 0 heterocycles. The van der Waals surface area contributed by atoms with Crippen LogP contribution in [0.4, 0.5) is 5.69 Å². The number of benzene rings is 2. The molecular weight excluding hydrogens is 326 g/mol. The molecule has 102 valence electrons. The number of halogens is 1. The van der Waals surface area contributed by atoms with Gasteiger partial charge in [-0.25, -0.2) is 0 Å². The summed E-state index contributed by atoms with van der Waals surface area (Å²) < 4.78 is 6.27. The summed E-state index contributed by atoms with van der Waals surface area (Å²) in [6.45, 7) is 0.289. The first kappa shape index (κ1) is 14.2. The van der Waals surface area contributed by atoms with Gasteiger partial charge in [-0.3, -0.25) is 14.9 Å². The number of aldehydes is 1. The Morgan fingerprint density at radius 2 is 1.90 bits per heavy atom. The molecule has 20 heavy (non-hydrogen) atoms. The van der Waals surface area contributed by atoms with Gasteiger partial charge in [0.25, 0.3) is 5.69 Å². The third-order valence-corrected chi connectivity index (χ3v) is 3.25. The van der Waals surface area contributed by atoms with Crippen LogP contribution in [0.3, 0.4) is 0 Å². The standard InChI is InChI=1S/C14H10BrNO4/c15-13-7-11(8-17)3-6-14(13)20-9-10-1-4-12(5-2-10)16(18)19/h1-8H,9H2. The number of hydrogen-bond donors (Lipinski definition) is 0. The van der Waals surface area contributed by atoms with Crippen LogP contribution < -0.4 is 4.74 Å². The Kier molecular flexibility index (Phi) is 4.47. The normalized spacial score (nSPS) is 10.1. The molecule has 0 atom stereocenters. The minimum atomic E-state index is -0.445. The van der Waals surface area contributed by atoms with Crippen molar-refractivity contribution in [2.45, 2.75) is 6.61 Å². The van der Waals surface area contributed by atoms with Gasteiger partial charge in [0.2, 0.25) is 0 Å². The van der Waals surface area contributed by atoms with E-state index in [4.69, 9.17) is 4.74 Å². The fraction of sp³-hybridized carbons (Fsp3) is 0.0714. The maximum atomic E-state index is 10.6. The van der Waals surface area contributed by atoms with Crippen molar-refractivity contribution in [2.75, 3.05) is 0 Å². The van der Waals surface area contributed by atoms with Crippen LogP contribution in [0, 0.1) is 10.1 Å². The van der Waals surface area contributed by atoms with Crippen molar-refractivity contribution in [2.24, 2.45) is 0 Å². The van der Waals surface area contributed by atoms with E-state index in [1.54, 1.807) is 30.3 Å². The van der Waals surface area contributed by atoms with Crippen molar-refractivity contribution in [1.29, 1.82) is 0 Å². The van der Waals surface area contributed by atoms with Crippen LogP contribution in [0.15, 0.2) is 46.9 Å². The lowest BCUT2D eigenvalue weighted by molar-refractivity contribution is -0.384. The maximum absolute atomic E-state index is 10.6. The summed E-state index contributed by atoms with van der Waals surface area (Å²) in [4.78, 5) is 20.7. The summed E-state index contributed by atoms with van der Waals surface area (Å²) in [6, 6.07) is 11.2. The van der Waals surface area contributed by atoms with E-state index in [0.29, 0.717) is 15.8 Å². The van der Waals surface area contributed by atoms with Crippen molar-refractivity contribution in [3.05, 3.63) is 68.2 Å². The molecule has 0 bridgehead atoms. The van der Waals surface area contributed by atoms with E-state index < -0.39 is 4.92 Å². The Hall–Kier alpha value is -2.21. The first-order valence-electron chi connectivity index (χ1n) is 5.71. The number of ether oxygens (including phenoxy) is 1. The lowest BCUT2D eigenvalue weighted by Gasteiger charge is -2.08. The van der Waals surface area contributed by atoms with Crippen molar-refractivity contribution in [3.8, 4) is 5.75 Å². The molecule has 2 aromatic carbocycles. The average Bonchev–Trinajstić information content (AvgIpc) is 2.46. The number of nitro benzene ring substituents is 1. The number of rotatable bonds is 5. The second-order valence-corrected chi connectivity index (χ2v) is 4.87. The summed E-state index contributed by atoms with van der Waals surface area (Å²) in [5.41, 5.74) is 1.42. The van der Waals surface area contributed by atoms with E-state index in [-0.39, 0.29) is 12.3 Å². The number of carbonyl (C=O) groups excluding carboxylic acids is 1. The van der Waals surface area contributed by atoms with Crippen LogP contribution in [-0.2, 0) is 6.61 Å². The third-order valence-electron chi connectivity index (χ3n) is 2.63. The highest BCUT2D eigenvalue weighted by Crippen LogP contribution is 2.26. The summed E-state index contributed by atoms with van der Waals surface area (Å²) >= 11 is 3.32. The Morgan fingerprint density at radius 1 is 1.20 bits per heavy atom. The molecule has 0 aromatic heterocycles. The van der Waals surface area contributed by atoms with Gasteiger partial charge < -0.3 is 4.74 Å². The quantitative estimate of drug-likeness (QED) is 0.474. The second kappa shape index (κ2) is 6.29. The molecule has 2 rings (SSSR count). The van der Waals surface area contributed by atoms with Gasteiger partial charge in [0.05, 0.1) is 9.40 Å². The highest BCUT2D eigenvalue weighted by molar-refractivity contribution is 9.10. The Morgan fingerprint density at radius 3 is 2.45 bits per heavy atom. The smallest absolute Gasteiger partial charge is 0.269 e. The molecule has 0 amide bonds. The van der Waals surface area contributed by atoms with E-state index in [9.17, 15) is 14.9 Å². The Bertz CT molecular complexity index is 640. The van der Waals surface area contributed by atoms with Crippen molar-refractivity contribution < 1.29 is 14.5 Å². The average molecular weight is 336 g/mol. The molecule has 0 unspecified atom stereocenters. The molecule has 0 radical (unpaired) electrons. The summed E-state index contributed by atoms with van der Waals surface area (Å²) in [7, 11) is 0. The van der Waals surface area contributed by atoms with Gasteiger partial charge >= 0.3 is 0 Å². The zero-order chi connectivity index (χ0) is 14.5. The Labute approximate surface area is 123 Å². The zero-order valence-electron chi connectivity index (χ0n) is 10.3. The molecule has 2 aromatic rings. The minimum Gasteiger partial charge on any atom is -0.488 e. The second-order valence-electron chi connectivity index (χ2n) is 4.02. The molecular formula is C14H10BrNO4. The number of nitro groups is 1. The number of non-ortho nitro benzene ring substituents is 1. The molecule has 5 nitrogen and oxygen atoms in total. The van der Waals surface area contributed by atoms with Crippen molar-refractivity contribution >= 4 is 27.9 Å². The molecule has 0 aliphatic carbocycles. The summed E-state index contributed by atoms with van der Waals surface area (Å²) in [5, 5.41) is 10.5. The fourth-order valence-electron chi connectivity index (χ4n) is 1.58. The molecule has 0 saturated carbocycles. The molecule has 0 spiro atoms. The summed E-state index contributed by atoms with van der Waals surface area (Å²) in [5.74, 6) is 0.606. The first-order valence-corrected chi connectivity index (χ1v) is 6.50. The largest absolute Gasteiger partial charge is 0.488 e. The van der Waals surface area contributed by atoms with Crippen LogP contribution >= 0.6 is 15.9 Å². The highest BCUT2D eigenvalue weighted by atomic mass is 79.9. The fourth-order valence-corrected chi connectivity index (χ4v) is 2.09. The topological polar surface area (TPSA) is 69.4 Å². The van der Waals surface area contributed by atoms with E-state index >= 15 is 0 Å². The maximum Gasteiger partial charge on any atom is 0.269 e. The van der Waals surface area contributed by atoms with E-state index in [2.05, 4.69) is 15.9 Å². The zero-order valence-corrected chi connectivity index (χ0v) is 11.9. The molecule has 6 heteroatoms. The highest BCUT2D eigenvalue weighted by Gasteiger charge is 2.06. The lowest BCUT2D eigenvalue weighted by Crippen LogP contribution is -1.97. The monoisotopic (exact) mass is 335 g/mol. The molecule has 0 aliphatic heterocycles.